The Kier molecular flexibility index (Phi) is 6.11. The molecule has 0 saturated heterocycles. The topological polar surface area (TPSA) is 29.5 Å². The molecular formula is C30H50O2. The van der Waals surface area contributed by atoms with Gasteiger partial charge < -0.3 is 9.84 Å². The molecule has 0 aromatic rings. The molecule has 1 N–H and O–H groups in total. The molecule has 4 rings (SSSR count). The lowest BCUT2D eigenvalue weighted by Gasteiger charge is -2.62. The fourth-order valence-corrected chi connectivity index (χ4v) is 8.99. The van der Waals surface area contributed by atoms with Crippen molar-refractivity contribution in [2.45, 2.75) is 124 Å². The highest BCUT2D eigenvalue weighted by Gasteiger charge is 2.62. The first kappa shape index (κ1) is 24.5. The number of hydrogen-bond donors (Lipinski definition) is 1. The summed E-state index contributed by atoms with van der Waals surface area (Å²) in [6.07, 6.45) is 17.0. The summed E-state index contributed by atoms with van der Waals surface area (Å²) in [5.41, 5.74) is 4.67. The number of fused-ring (bicyclic) bond motifs is 4. The van der Waals surface area contributed by atoms with Crippen molar-refractivity contribution in [3.05, 3.63) is 23.3 Å². The summed E-state index contributed by atoms with van der Waals surface area (Å²) >= 11 is 0. The average Bonchev–Trinajstić information content (AvgIpc) is 3.00. The largest absolute Gasteiger partial charge is 0.393 e. The van der Waals surface area contributed by atoms with E-state index in [4.69, 9.17) is 4.74 Å². The third-order valence-electron chi connectivity index (χ3n) is 11.6. The van der Waals surface area contributed by atoms with Crippen LogP contribution in [-0.4, -0.2) is 23.9 Å². The minimum atomic E-state index is -0.159. The zero-order chi connectivity index (χ0) is 23.6. The van der Waals surface area contributed by atoms with Gasteiger partial charge in [-0.25, -0.2) is 0 Å². The second-order valence-corrected chi connectivity index (χ2v) is 13.6. The van der Waals surface area contributed by atoms with E-state index in [2.05, 4.69) is 60.6 Å². The number of methoxy groups -OCH3 is 1. The molecule has 0 spiro atoms. The van der Waals surface area contributed by atoms with E-state index in [0.29, 0.717) is 22.2 Å². The van der Waals surface area contributed by atoms with Crippen molar-refractivity contribution in [1.82, 2.24) is 0 Å². The minimum Gasteiger partial charge on any atom is -0.393 e. The molecule has 4 aliphatic carbocycles. The molecule has 0 heterocycles. The third-order valence-corrected chi connectivity index (χ3v) is 11.6. The Labute approximate surface area is 198 Å². The van der Waals surface area contributed by atoms with E-state index in [0.717, 1.165) is 12.3 Å². The van der Waals surface area contributed by atoms with Crippen molar-refractivity contribution < 1.29 is 9.84 Å². The lowest BCUT2D eigenvalue weighted by atomic mass is 9.43. The van der Waals surface area contributed by atoms with E-state index in [-0.39, 0.29) is 17.1 Å². The first-order valence-corrected chi connectivity index (χ1v) is 13.5. The van der Waals surface area contributed by atoms with Gasteiger partial charge >= 0.3 is 0 Å². The van der Waals surface area contributed by atoms with Crippen molar-refractivity contribution in [2.24, 2.45) is 33.5 Å². The number of aliphatic hydroxyl groups is 1. The first-order valence-electron chi connectivity index (χ1n) is 13.5. The zero-order valence-electron chi connectivity index (χ0n) is 22.3. The van der Waals surface area contributed by atoms with E-state index < -0.39 is 0 Å². The van der Waals surface area contributed by atoms with E-state index in [9.17, 15) is 5.11 Å². The monoisotopic (exact) mass is 442 g/mol. The summed E-state index contributed by atoms with van der Waals surface area (Å²) in [5, 5.41) is 10.8. The second kappa shape index (κ2) is 7.98. The van der Waals surface area contributed by atoms with Gasteiger partial charge in [0, 0.05) is 7.11 Å². The van der Waals surface area contributed by atoms with Crippen LogP contribution >= 0.6 is 0 Å². The van der Waals surface area contributed by atoms with Gasteiger partial charge in [0.1, 0.15) is 0 Å². The number of ether oxygens (including phenoxy) is 1. The van der Waals surface area contributed by atoms with E-state index in [1.54, 1.807) is 7.11 Å². The highest BCUT2D eigenvalue weighted by Crippen LogP contribution is 2.72. The zero-order valence-corrected chi connectivity index (χ0v) is 22.3. The van der Waals surface area contributed by atoms with Crippen molar-refractivity contribution in [3.63, 3.8) is 0 Å². The molecule has 32 heavy (non-hydrogen) atoms. The quantitative estimate of drug-likeness (QED) is 0.439. The van der Waals surface area contributed by atoms with Crippen LogP contribution in [-0.2, 0) is 4.74 Å². The van der Waals surface area contributed by atoms with Crippen LogP contribution < -0.4 is 0 Å². The Morgan fingerprint density at radius 1 is 0.969 bits per heavy atom. The summed E-state index contributed by atoms with van der Waals surface area (Å²) in [5.74, 6) is 1.45. The molecular weight excluding hydrogens is 392 g/mol. The van der Waals surface area contributed by atoms with Gasteiger partial charge in [-0.3, -0.25) is 0 Å². The summed E-state index contributed by atoms with van der Waals surface area (Å²) in [6.45, 7) is 16.8. The standard InChI is InChI=1S/C30H50O2/c1-26(2,32-8)17-10-9-11-21-14-19-30(7)23-12-13-24-27(3,4)25(31)16-18-28(24,5)22(23)15-20-29(21,30)6/h10,17,21,24-25,31H,9,11-16,18-20H2,1-8H3/b17-10+/t21-,24?,25-,28+,29+,30-/m0/s1. The predicted molar refractivity (Wildman–Crippen MR) is 135 cm³/mol. The van der Waals surface area contributed by atoms with Crippen molar-refractivity contribution >= 4 is 0 Å². The van der Waals surface area contributed by atoms with Gasteiger partial charge in [-0.05, 0) is 112 Å². The molecule has 0 bridgehead atoms. The van der Waals surface area contributed by atoms with Crippen LogP contribution in [0.4, 0.5) is 0 Å². The van der Waals surface area contributed by atoms with E-state index in [1.165, 1.54) is 57.8 Å². The Balaban J connectivity index is 1.58. The molecule has 0 aromatic heterocycles. The number of aliphatic hydroxyl groups excluding tert-OH is 1. The molecule has 0 radical (unpaired) electrons. The molecule has 1 unspecified atom stereocenters. The summed E-state index contributed by atoms with van der Waals surface area (Å²) in [7, 11) is 1.80. The fourth-order valence-electron chi connectivity index (χ4n) is 8.99. The highest BCUT2D eigenvalue weighted by atomic mass is 16.5. The SMILES string of the molecule is COC(C)(C)/C=C/CC[C@H]1CC[C@@]2(C)C3=C(CC[C@]12C)[C@@]1(C)CC[C@H](O)C(C)(C)C1CC3. The smallest absolute Gasteiger partial charge is 0.0802 e. The van der Waals surface area contributed by atoms with Crippen LogP contribution in [0.2, 0.25) is 0 Å². The minimum absolute atomic E-state index is 0.0354. The lowest BCUT2D eigenvalue weighted by molar-refractivity contribution is -0.0957. The van der Waals surface area contributed by atoms with Crippen LogP contribution in [0.1, 0.15) is 113 Å². The normalized spacial score (nSPS) is 43.8. The van der Waals surface area contributed by atoms with Crippen molar-refractivity contribution in [2.75, 3.05) is 7.11 Å². The van der Waals surface area contributed by atoms with Crippen LogP contribution in [0.15, 0.2) is 23.3 Å². The molecule has 0 aromatic carbocycles. The Bertz CT molecular complexity index is 789. The van der Waals surface area contributed by atoms with Gasteiger partial charge in [-0.15, -0.1) is 0 Å². The second-order valence-electron chi connectivity index (χ2n) is 13.6. The highest BCUT2D eigenvalue weighted by molar-refractivity contribution is 5.38. The maximum atomic E-state index is 10.8. The maximum absolute atomic E-state index is 10.8. The average molecular weight is 443 g/mol. The molecule has 2 heteroatoms. The van der Waals surface area contributed by atoms with Gasteiger partial charge in [0.05, 0.1) is 11.7 Å². The number of hydrogen-bond acceptors (Lipinski definition) is 2. The van der Waals surface area contributed by atoms with Crippen molar-refractivity contribution in [3.8, 4) is 0 Å². The Hall–Kier alpha value is -0.600. The molecule has 2 saturated carbocycles. The Morgan fingerprint density at radius 2 is 1.69 bits per heavy atom. The summed E-state index contributed by atoms with van der Waals surface area (Å²) in [4.78, 5) is 0. The van der Waals surface area contributed by atoms with Crippen LogP contribution in [0.5, 0.6) is 0 Å². The predicted octanol–water partition coefficient (Wildman–Crippen LogP) is 7.86. The summed E-state index contributed by atoms with van der Waals surface area (Å²) < 4.78 is 5.56. The molecule has 182 valence electrons. The number of allylic oxidation sites excluding steroid dienone is 3. The summed E-state index contributed by atoms with van der Waals surface area (Å²) in [6, 6.07) is 0. The Morgan fingerprint density at radius 3 is 2.38 bits per heavy atom. The number of rotatable bonds is 5. The van der Waals surface area contributed by atoms with Gasteiger partial charge in [-0.2, -0.15) is 0 Å². The fraction of sp³-hybridized carbons (Fsp3) is 0.867. The van der Waals surface area contributed by atoms with Gasteiger partial charge in [0.2, 0.25) is 0 Å². The molecule has 6 atom stereocenters. The molecule has 0 aliphatic heterocycles. The third kappa shape index (κ3) is 3.49. The van der Waals surface area contributed by atoms with Gasteiger partial charge in [0.25, 0.3) is 0 Å². The molecule has 2 nitrogen and oxygen atoms in total. The molecule has 2 fully saturated rings. The molecule has 4 aliphatic rings. The maximum Gasteiger partial charge on any atom is 0.0802 e. The van der Waals surface area contributed by atoms with Crippen LogP contribution in [0.3, 0.4) is 0 Å². The first-order chi connectivity index (χ1) is 14.8. The van der Waals surface area contributed by atoms with E-state index >= 15 is 0 Å². The van der Waals surface area contributed by atoms with Gasteiger partial charge in [0.15, 0.2) is 0 Å². The van der Waals surface area contributed by atoms with Crippen LogP contribution in [0.25, 0.3) is 0 Å². The van der Waals surface area contributed by atoms with Crippen LogP contribution in [0, 0.1) is 33.5 Å². The van der Waals surface area contributed by atoms with E-state index in [1.807, 2.05) is 11.1 Å². The molecule has 0 amide bonds. The van der Waals surface area contributed by atoms with Gasteiger partial charge in [-0.1, -0.05) is 57.9 Å². The van der Waals surface area contributed by atoms with Crippen molar-refractivity contribution in [1.29, 1.82) is 0 Å². The lowest BCUT2D eigenvalue weighted by Crippen LogP contribution is -2.54.